The number of carbonyl (C=O) groups is 1. The van der Waals surface area contributed by atoms with Gasteiger partial charge in [-0.1, -0.05) is 30.3 Å². The van der Waals surface area contributed by atoms with Crippen molar-refractivity contribution in [1.29, 1.82) is 0 Å². The number of esters is 1. The van der Waals surface area contributed by atoms with Crippen molar-refractivity contribution in [2.75, 3.05) is 13.2 Å². The van der Waals surface area contributed by atoms with Gasteiger partial charge in [0.05, 0.1) is 19.6 Å². The molecule has 7 nitrogen and oxygen atoms in total. The molecule has 0 amide bonds. The number of hydroxylamine groups is 2. The van der Waals surface area contributed by atoms with Gasteiger partial charge in [0.25, 0.3) is 5.56 Å². The molecule has 2 aromatic heterocycles. The van der Waals surface area contributed by atoms with Crippen LogP contribution in [0.5, 0.6) is 5.75 Å². The van der Waals surface area contributed by atoms with E-state index in [4.69, 9.17) is 9.57 Å². The Morgan fingerprint density at radius 1 is 1.19 bits per heavy atom. The molecule has 32 heavy (non-hydrogen) atoms. The number of H-pyrrole nitrogens is 1. The Morgan fingerprint density at radius 3 is 2.78 bits per heavy atom. The third-order valence-electron chi connectivity index (χ3n) is 6.06. The van der Waals surface area contributed by atoms with E-state index in [2.05, 4.69) is 17.1 Å². The van der Waals surface area contributed by atoms with Crippen LogP contribution in [0, 0.1) is 0 Å². The Bertz CT molecular complexity index is 1360. The van der Waals surface area contributed by atoms with Crippen LogP contribution >= 0.6 is 0 Å². The van der Waals surface area contributed by atoms with Crippen molar-refractivity contribution < 1.29 is 14.4 Å². The van der Waals surface area contributed by atoms with Gasteiger partial charge in [0, 0.05) is 47.6 Å². The number of hydrogen-bond donors (Lipinski definition) is 1. The van der Waals surface area contributed by atoms with E-state index >= 15 is 0 Å². The van der Waals surface area contributed by atoms with Gasteiger partial charge in [0.1, 0.15) is 5.52 Å². The largest absolute Gasteiger partial charge is 0.466 e. The summed E-state index contributed by atoms with van der Waals surface area (Å²) in [5.41, 5.74) is 3.51. The molecule has 0 bridgehead atoms. The van der Waals surface area contributed by atoms with Crippen molar-refractivity contribution in [2.45, 2.75) is 25.8 Å². The molecule has 1 unspecified atom stereocenters. The number of nitrogens with one attached hydrogen (secondary N) is 1. The van der Waals surface area contributed by atoms with Crippen molar-refractivity contribution in [3.8, 4) is 5.75 Å². The third-order valence-corrected chi connectivity index (χ3v) is 6.06. The number of rotatable bonds is 5. The minimum Gasteiger partial charge on any atom is -0.466 e. The predicted molar refractivity (Wildman–Crippen MR) is 123 cm³/mol. The molecule has 1 N–H and O–H groups in total. The smallest absolute Gasteiger partial charge is 0.306 e. The molecule has 5 rings (SSSR count). The van der Waals surface area contributed by atoms with E-state index in [-0.39, 0.29) is 23.9 Å². The third kappa shape index (κ3) is 3.54. The van der Waals surface area contributed by atoms with E-state index in [1.807, 2.05) is 60.0 Å². The first-order valence-electron chi connectivity index (χ1n) is 10.8. The monoisotopic (exact) mass is 431 g/mol. The summed E-state index contributed by atoms with van der Waals surface area (Å²) in [5, 5.41) is 3.72. The fraction of sp³-hybridized carbons (Fsp3) is 0.280. The second-order valence-electron chi connectivity index (χ2n) is 8.14. The molecule has 0 saturated heterocycles. The topological polar surface area (TPSA) is 76.6 Å². The molecule has 2 aromatic carbocycles. The second-order valence-corrected chi connectivity index (χ2v) is 8.14. The molecule has 4 aromatic rings. The van der Waals surface area contributed by atoms with Gasteiger partial charge in [-0.15, -0.1) is 5.06 Å². The molecule has 0 aliphatic carbocycles. The first kappa shape index (κ1) is 20.3. The Morgan fingerprint density at radius 2 is 2.00 bits per heavy atom. The number of aryl methyl sites for hydroxylation is 1. The average molecular weight is 431 g/mol. The maximum absolute atomic E-state index is 12.5. The van der Waals surface area contributed by atoms with Gasteiger partial charge in [-0.2, -0.15) is 0 Å². The summed E-state index contributed by atoms with van der Waals surface area (Å²) in [6, 6.07) is 16.0. The van der Waals surface area contributed by atoms with Crippen molar-refractivity contribution >= 4 is 27.8 Å². The maximum Gasteiger partial charge on any atom is 0.306 e. The highest BCUT2D eigenvalue weighted by Gasteiger charge is 2.31. The zero-order chi connectivity index (χ0) is 22.2. The summed E-state index contributed by atoms with van der Waals surface area (Å²) in [4.78, 5) is 33.9. The lowest BCUT2D eigenvalue weighted by molar-refractivity contribution is -0.145. The van der Waals surface area contributed by atoms with Gasteiger partial charge < -0.3 is 19.1 Å². The molecule has 3 heterocycles. The van der Waals surface area contributed by atoms with Crippen molar-refractivity contribution in [1.82, 2.24) is 14.6 Å². The van der Waals surface area contributed by atoms with E-state index in [0.717, 1.165) is 27.4 Å². The summed E-state index contributed by atoms with van der Waals surface area (Å²) in [7, 11) is 1.89. The molecular formula is C25H25N3O4. The number of ether oxygens (including phenoxy) is 1. The van der Waals surface area contributed by atoms with E-state index in [1.165, 1.54) is 0 Å². The number of benzene rings is 2. The van der Waals surface area contributed by atoms with E-state index < -0.39 is 0 Å². The van der Waals surface area contributed by atoms with Crippen LogP contribution in [-0.2, 0) is 23.1 Å². The number of aromatic amines is 1. The van der Waals surface area contributed by atoms with Crippen LogP contribution in [-0.4, -0.2) is 33.7 Å². The van der Waals surface area contributed by atoms with Crippen molar-refractivity contribution in [2.24, 2.45) is 7.05 Å². The Labute approximate surface area is 185 Å². The van der Waals surface area contributed by atoms with Gasteiger partial charge in [-0.25, -0.2) is 0 Å². The van der Waals surface area contributed by atoms with Crippen LogP contribution in [0.25, 0.3) is 21.8 Å². The summed E-state index contributed by atoms with van der Waals surface area (Å²) in [6.45, 7) is 3.34. The lowest BCUT2D eigenvalue weighted by atomic mass is 9.92. The molecule has 164 valence electrons. The average Bonchev–Trinajstić information content (AvgIpc) is 3.06. The standard InChI is InChI=1S/C25H25N3O4/c1-3-31-23(29)11-17-15-28(14-16-7-5-4-6-8-16)32-22-13-20-18-9-10-26-25(30)24(18)27(2)21(20)12-19(17)22/h4-10,12-13,17H,3,11,14-15H2,1-2H3,(H,26,30). The summed E-state index contributed by atoms with van der Waals surface area (Å²) in [5.74, 6) is 0.405. The highest BCUT2D eigenvalue weighted by Crippen LogP contribution is 2.40. The number of carbonyl (C=O) groups excluding carboxylic acids is 1. The van der Waals surface area contributed by atoms with Crippen molar-refractivity contribution in [3.05, 3.63) is 76.2 Å². The number of aromatic nitrogens is 2. The lowest BCUT2D eigenvalue weighted by Gasteiger charge is -2.34. The fourth-order valence-electron chi connectivity index (χ4n) is 4.62. The highest BCUT2D eigenvalue weighted by molar-refractivity contribution is 6.08. The molecule has 0 fully saturated rings. The molecule has 0 saturated carbocycles. The predicted octanol–water partition coefficient (Wildman–Crippen LogP) is 3.87. The second kappa shape index (κ2) is 8.16. The minimum atomic E-state index is -0.224. The number of fused-ring (bicyclic) bond motifs is 4. The van der Waals surface area contributed by atoms with Crippen LogP contribution < -0.4 is 10.4 Å². The number of pyridine rings is 1. The summed E-state index contributed by atoms with van der Waals surface area (Å²) >= 11 is 0. The van der Waals surface area contributed by atoms with Gasteiger partial charge in [0.15, 0.2) is 5.75 Å². The molecule has 1 aliphatic heterocycles. The van der Waals surface area contributed by atoms with Crippen LogP contribution in [0.1, 0.15) is 30.4 Å². The van der Waals surface area contributed by atoms with Gasteiger partial charge in [0.2, 0.25) is 0 Å². The normalized spacial score (nSPS) is 16.1. The van der Waals surface area contributed by atoms with Gasteiger partial charge in [-0.05, 0) is 30.7 Å². The van der Waals surface area contributed by atoms with E-state index in [0.29, 0.717) is 31.0 Å². The van der Waals surface area contributed by atoms with Crippen LogP contribution in [0.4, 0.5) is 0 Å². The van der Waals surface area contributed by atoms with E-state index in [1.54, 1.807) is 6.20 Å². The maximum atomic E-state index is 12.5. The zero-order valence-electron chi connectivity index (χ0n) is 18.1. The molecule has 1 atom stereocenters. The molecule has 0 radical (unpaired) electrons. The lowest BCUT2D eigenvalue weighted by Crippen LogP contribution is -2.36. The van der Waals surface area contributed by atoms with Crippen LogP contribution in [0.3, 0.4) is 0 Å². The van der Waals surface area contributed by atoms with Gasteiger partial charge in [-0.3, -0.25) is 9.59 Å². The van der Waals surface area contributed by atoms with Gasteiger partial charge >= 0.3 is 5.97 Å². The number of nitrogens with zero attached hydrogens (tertiary/aromatic N) is 2. The fourth-order valence-corrected chi connectivity index (χ4v) is 4.62. The summed E-state index contributed by atoms with van der Waals surface area (Å²) in [6.07, 6.45) is 1.93. The first-order chi connectivity index (χ1) is 15.5. The highest BCUT2D eigenvalue weighted by atomic mass is 16.7. The molecule has 7 heteroatoms. The zero-order valence-corrected chi connectivity index (χ0v) is 18.1. The van der Waals surface area contributed by atoms with E-state index in [9.17, 15) is 9.59 Å². The Kier molecular flexibility index (Phi) is 5.19. The quantitative estimate of drug-likeness (QED) is 0.486. The minimum absolute atomic E-state index is 0.0813. The van der Waals surface area contributed by atoms with Crippen molar-refractivity contribution in [3.63, 3.8) is 0 Å². The number of hydrogen-bond acceptors (Lipinski definition) is 5. The van der Waals surface area contributed by atoms with Crippen LogP contribution in [0.2, 0.25) is 0 Å². The Hall–Kier alpha value is -3.58. The molecule has 0 spiro atoms. The summed E-state index contributed by atoms with van der Waals surface area (Å²) < 4.78 is 7.14. The SMILES string of the molecule is CCOC(=O)CC1CN(Cc2ccccc2)Oc2cc3c4cc[nH]c(=O)c4n(C)c3cc21. The molecular weight excluding hydrogens is 406 g/mol. The first-order valence-corrected chi connectivity index (χ1v) is 10.8. The van der Waals surface area contributed by atoms with Crippen LogP contribution in [0.15, 0.2) is 59.5 Å². The molecule has 1 aliphatic rings. The Balaban J connectivity index is 1.61.